The largest absolute Gasteiger partial charge is 0.338 e. The Morgan fingerprint density at radius 2 is 1.84 bits per heavy atom. The van der Waals surface area contributed by atoms with Gasteiger partial charge in [0.25, 0.3) is 0 Å². The first-order chi connectivity index (χ1) is 11.9. The summed E-state index contributed by atoms with van der Waals surface area (Å²) in [5.41, 5.74) is 2.66. The average Bonchev–Trinajstić information content (AvgIpc) is 3.04. The first-order valence-corrected chi connectivity index (χ1v) is 9.42. The number of sulfonamides is 1. The number of hydrogen-bond acceptors (Lipinski definition) is 5. The summed E-state index contributed by atoms with van der Waals surface area (Å²) in [6.07, 6.45) is 0. The van der Waals surface area contributed by atoms with Gasteiger partial charge in [-0.05, 0) is 18.6 Å². The highest BCUT2D eigenvalue weighted by Crippen LogP contribution is 2.18. The quantitative estimate of drug-likeness (QED) is 0.678. The highest BCUT2D eigenvalue weighted by Gasteiger charge is 2.21. The van der Waals surface area contributed by atoms with Crippen molar-refractivity contribution in [1.29, 1.82) is 0 Å². The van der Waals surface area contributed by atoms with Crippen molar-refractivity contribution >= 4 is 10.0 Å². The summed E-state index contributed by atoms with van der Waals surface area (Å²) >= 11 is 0. The normalized spacial score (nSPS) is 11.8. The summed E-state index contributed by atoms with van der Waals surface area (Å²) in [6.45, 7) is 2.02. The first kappa shape index (κ1) is 17.3. The van der Waals surface area contributed by atoms with Gasteiger partial charge in [0.1, 0.15) is 0 Å². The molecule has 0 saturated heterocycles. The van der Waals surface area contributed by atoms with Crippen LogP contribution >= 0.6 is 0 Å². The van der Waals surface area contributed by atoms with Gasteiger partial charge in [-0.25, -0.2) is 8.42 Å². The minimum Gasteiger partial charge on any atom is -0.338 e. The van der Waals surface area contributed by atoms with E-state index in [-0.39, 0.29) is 18.2 Å². The number of benzene rings is 2. The molecule has 3 rings (SSSR count). The molecule has 1 heterocycles. The zero-order valence-corrected chi connectivity index (χ0v) is 14.9. The van der Waals surface area contributed by atoms with Gasteiger partial charge in [0, 0.05) is 12.6 Å². The van der Waals surface area contributed by atoms with Gasteiger partial charge in [0.05, 0.1) is 12.3 Å². The van der Waals surface area contributed by atoms with E-state index in [1.807, 2.05) is 49.4 Å². The van der Waals surface area contributed by atoms with Crippen molar-refractivity contribution in [3.05, 3.63) is 71.6 Å². The molecule has 0 bridgehead atoms. The van der Waals surface area contributed by atoms with E-state index in [2.05, 4.69) is 10.1 Å². The molecule has 0 fully saturated rings. The Kier molecular flexibility index (Phi) is 4.96. The number of rotatable bonds is 6. The minimum absolute atomic E-state index is 0.0357. The number of aromatic nitrogens is 2. The van der Waals surface area contributed by atoms with E-state index in [0.29, 0.717) is 5.82 Å². The fourth-order valence-electron chi connectivity index (χ4n) is 2.40. The molecular formula is C18H19N3O3S. The van der Waals surface area contributed by atoms with Gasteiger partial charge in [0.15, 0.2) is 0 Å². The molecule has 7 heteroatoms. The predicted molar refractivity (Wildman–Crippen MR) is 95.0 cm³/mol. The summed E-state index contributed by atoms with van der Waals surface area (Å²) in [6, 6.07) is 16.8. The molecular weight excluding hydrogens is 338 g/mol. The molecule has 2 aromatic carbocycles. The van der Waals surface area contributed by atoms with Crippen LogP contribution in [-0.4, -0.2) is 29.9 Å². The van der Waals surface area contributed by atoms with Gasteiger partial charge in [-0.3, -0.25) is 0 Å². The van der Waals surface area contributed by atoms with Crippen molar-refractivity contribution in [2.24, 2.45) is 0 Å². The van der Waals surface area contributed by atoms with Crippen molar-refractivity contribution in [2.45, 2.75) is 19.2 Å². The van der Waals surface area contributed by atoms with Crippen LogP contribution in [0.15, 0.2) is 59.1 Å². The smallest absolute Gasteiger partial charge is 0.242 e. The van der Waals surface area contributed by atoms with Crippen LogP contribution in [0.5, 0.6) is 0 Å². The predicted octanol–water partition coefficient (Wildman–Crippen LogP) is 3.01. The summed E-state index contributed by atoms with van der Waals surface area (Å²) in [5.74, 6) is 0.645. The molecule has 0 aliphatic rings. The molecule has 0 aliphatic carbocycles. The minimum atomic E-state index is -3.47. The standard InChI is InChI=1S/C18H19N3O3S/c1-14-7-6-10-16(11-14)18-19-17(24-20-18)12-21(2)25(22,23)13-15-8-4-3-5-9-15/h3-11H,12-13H2,1-2H3. The molecule has 0 spiro atoms. The van der Waals surface area contributed by atoms with E-state index in [9.17, 15) is 8.42 Å². The Morgan fingerprint density at radius 1 is 1.08 bits per heavy atom. The maximum Gasteiger partial charge on any atom is 0.242 e. The third-order valence-corrected chi connectivity index (χ3v) is 5.55. The number of nitrogens with zero attached hydrogens (tertiary/aromatic N) is 3. The summed E-state index contributed by atoms with van der Waals surface area (Å²) in [7, 11) is -1.96. The molecule has 3 aromatic rings. The molecule has 0 saturated carbocycles. The Balaban J connectivity index is 1.72. The molecule has 6 nitrogen and oxygen atoms in total. The van der Waals surface area contributed by atoms with Crippen LogP contribution in [0, 0.1) is 6.92 Å². The molecule has 0 aliphatic heterocycles. The van der Waals surface area contributed by atoms with Crippen LogP contribution in [0.3, 0.4) is 0 Å². The van der Waals surface area contributed by atoms with Crippen molar-refractivity contribution in [2.75, 3.05) is 7.05 Å². The van der Waals surface area contributed by atoms with Crippen molar-refractivity contribution in [1.82, 2.24) is 14.4 Å². The molecule has 0 atom stereocenters. The maximum absolute atomic E-state index is 12.5. The lowest BCUT2D eigenvalue weighted by molar-refractivity contribution is 0.336. The van der Waals surface area contributed by atoms with Gasteiger partial charge in [0.2, 0.25) is 21.7 Å². The van der Waals surface area contributed by atoms with Gasteiger partial charge in [-0.1, -0.05) is 59.3 Å². The van der Waals surface area contributed by atoms with E-state index in [0.717, 1.165) is 16.7 Å². The zero-order valence-electron chi connectivity index (χ0n) is 14.1. The second-order valence-electron chi connectivity index (χ2n) is 5.88. The summed E-state index contributed by atoms with van der Waals surface area (Å²) in [5, 5.41) is 3.94. The highest BCUT2D eigenvalue weighted by molar-refractivity contribution is 7.88. The molecule has 25 heavy (non-hydrogen) atoms. The monoisotopic (exact) mass is 357 g/mol. The van der Waals surface area contributed by atoms with Gasteiger partial charge in [-0.15, -0.1) is 0 Å². The van der Waals surface area contributed by atoms with E-state index >= 15 is 0 Å². The Morgan fingerprint density at radius 3 is 2.56 bits per heavy atom. The Bertz CT molecular complexity index is 952. The molecule has 130 valence electrons. The summed E-state index contributed by atoms with van der Waals surface area (Å²) in [4.78, 5) is 4.30. The fraction of sp³-hybridized carbons (Fsp3) is 0.222. The van der Waals surface area contributed by atoms with Gasteiger partial charge >= 0.3 is 0 Å². The third kappa shape index (κ3) is 4.32. The molecule has 1 aromatic heterocycles. The second kappa shape index (κ2) is 7.16. The molecule has 0 N–H and O–H groups in total. The highest BCUT2D eigenvalue weighted by atomic mass is 32.2. The van der Waals surface area contributed by atoms with Crippen LogP contribution in [0.2, 0.25) is 0 Å². The van der Waals surface area contributed by atoms with E-state index < -0.39 is 10.0 Å². The second-order valence-corrected chi connectivity index (χ2v) is 7.95. The fourth-order valence-corrected chi connectivity index (χ4v) is 3.55. The average molecular weight is 357 g/mol. The lowest BCUT2D eigenvalue weighted by Gasteiger charge is -2.14. The molecule has 0 unspecified atom stereocenters. The summed E-state index contributed by atoms with van der Waals surface area (Å²) < 4.78 is 31.4. The van der Waals surface area contributed by atoms with Crippen LogP contribution in [0.25, 0.3) is 11.4 Å². The van der Waals surface area contributed by atoms with Crippen LogP contribution < -0.4 is 0 Å². The van der Waals surface area contributed by atoms with Crippen LogP contribution in [-0.2, 0) is 22.3 Å². The van der Waals surface area contributed by atoms with E-state index in [1.165, 1.54) is 11.4 Å². The SMILES string of the molecule is Cc1cccc(-c2noc(CN(C)S(=O)(=O)Cc3ccccc3)n2)c1. The molecule has 0 amide bonds. The zero-order chi connectivity index (χ0) is 17.9. The lowest BCUT2D eigenvalue weighted by Crippen LogP contribution is -2.27. The number of hydrogen-bond donors (Lipinski definition) is 0. The maximum atomic E-state index is 12.5. The van der Waals surface area contributed by atoms with E-state index in [4.69, 9.17) is 4.52 Å². The Hall–Kier alpha value is -2.51. The van der Waals surface area contributed by atoms with Crippen molar-refractivity contribution in [3.8, 4) is 11.4 Å². The molecule has 0 radical (unpaired) electrons. The van der Waals surface area contributed by atoms with Crippen LogP contribution in [0.4, 0.5) is 0 Å². The first-order valence-electron chi connectivity index (χ1n) is 7.81. The van der Waals surface area contributed by atoms with Crippen LogP contribution in [0.1, 0.15) is 17.0 Å². The van der Waals surface area contributed by atoms with E-state index in [1.54, 1.807) is 12.1 Å². The van der Waals surface area contributed by atoms with Gasteiger partial charge < -0.3 is 4.52 Å². The topological polar surface area (TPSA) is 76.3 Å². The van der Waals surface area contributed by atoms with Crippen molar-refractivity contribution in [3.63, 3.8) is 0 Å². The Labute approximate surface area is 147 Å². The lowest BCUT2D eigenvalue weighted by atomic mass is 10.1. The third-order valence-electron chi connectivity index (χ3n) is 3.77. The number of aryl methyl sites for hydroxylation is 1. The van der Waals surface area contributed by atoms with Crippen molar-refractivity contribution < 1.29 is 12.9 Å². The van der Waals surface area contributed by atoms with Gasteiger partial charge in [-0.2, -0.15) is 9.29 Å².